The number of benzene rings is 1. The molecule has 13 heavy (non-hydrogen) atoms. The van der Waals surface area contributed by atoms with Crippen molar-refractivity contribution in [3.63, 3.8) is 0 Å². The summed E-state index contributed by atoms with van der Waals surface area (Å²) in [5, 5.41) is 0. The van der Waals surface area contributed by atoms with E-state index in [1.54, 1.807) is 6.07 Å². The lowest BCUT2D eigenvalue weighted by Gasteiger charge is -2.08. The lowest BCUT2D eigenvalue weighted by Crippen LogP contribution is -2.02. The Morgan fingerprint density at radius 2 is 1.92 bits per heavy atom. The second kappa shape index (κ2) is 4.61. The van der Waals surface area contributed by atoms with E-state index in [9.17, 15) is 8.78 Å². The van der Waals surface area contributed by atoms with E-state index in [0.717, 1.165) is 0 Å². The van der Waals surface area contributed by atoms with Gasteiger partial charge in [0.25, 0.3) is 0 Å². The summed E-state index contributed by atoms with van der Waals surface area (Å²) in [6.45, 7) is -2.84. The summed E-state index contributed by atoms with van der Waals surface area (Å²) in [5.74, 6) is 0.0413. The summed E-state index contributed by atoms with van der Waals surface area (Å²) in [6.07, 6.45) is 0. The Bertz CT molecular complexity index is 320. The van der Waals surface area contributed by atoms with Crippen LogP contribution in [0.1, 0.15) is 0 Å². The Hall–Kier alpha value is 0.190. The van der Waals surface area contributed by atoms with Crippen molar-refractivity contribution in [3.05, 3.63) is 21.1 Å². The van der Waals surface area contributed by atoms with Crippen LogP contribution in [0.2, 0.25) is 0 Å². The van der Waals surface area contributed by atoms with Crippen molar-refractivity contribution in [2.24, 2.45) is 0 Å². The molecule has 1 rings (SSSR count). The van der Waals surface area contributed by atoms with Crippen LogP contribution >= 0.6 is 44.5 Å². The molecule has 6 heteroatoms. The van der Waals surface area contributed by atoms with Crippen molar-refractivity contribution in [3.8, 4) is 5.75 Å². The predicted molar refractivity (Wildman–Crippen MR) is 55.7 cm³/mol. The molecule has 0 saturated heterocycles. The molecule has 0 radical (unpaired) electrons. The van der Waals surface area contributed by atoms with Gasteiger partial charge in [0.2, 0.25) is 0 Å². The average Bonchev–Trinajstić information content (AvgIpc) is 1.98. The summed E-state index contributed by atoms with van der Waals surface area (Å²) in [6, 6.07) is 3.12. The van der Waals surface area contributed by atoms with Crippen molar-refractivity contribution >= 4 is 44.5 Å². The minimum Gasteiger partial charge on any atom is -0.434 e. The Labute approximate surface area is 96.1 Å². The zero-order chi connectivity index (χ0) is 10.0. The van der Waals surface area contributed by atoms with Gasteiger partial charge in [0.15, 0.2) is 0 Å². The molecule has 0 heterocycles. The number of hydrogen-bond donors (Lipinski definition) is 1. The van der Waals surface area contributed by atoms with Gasteiger partial charge in [-0.3, -0.25) is 0 Å². The van der Waals surface area contributed by atoms with E-state index in [4.69, 9.17) is 0 Å². The number of thiol groups is 1. The summed E-state index contributed by atoms with van der Waals surface area (Å²) in [5.41, 5.74) is 0. The van der Waals surface area contributed by atoms with Crippen LogP contribution in [-0.4, -0.2) is 6.61 Å². The van der Waals surface area contributed by atoms with Gasteiger partial charge < -0.3 is 4.74 Å². The van der Waals surface area contributed by atoms with E-state index < -0.39 is 6.61 Å². The number of ether oxygens (including phenoxy) is 1. The zero-order valence-electron chi connectivity index (χ0n) is 6.10. The molecule has 0 bridgehead atoms. The van der Waals surface area contributed by atoms with Crippen molar-refractivity contribution in [2.75, 3.05) is 0 Å². The van der Waals surface area contributed by atoms with Gasteiger partial charge in [0, 0.05) is 8.95 Å². The molecule has 0 aliphatic rings. The molecular formula is C7H4Br2F2OS. The topological polar surface area (TPSA) is 9.23 Å². The van der Waals surface area contributed by atoms with E-state index >= 15 is 0 Å². The highest BCUT2D eigenvalue weighted by molar-refractivity contribution is 9.11. The molecule has 0 spiro atoms. The fourth-order valence-electron chi connectivity index (χ4n) is 0.728. The first kappa shape index (κ1) is 11.3. The number of hydrogen-bond acceptors (Lipinski definition) is 2. The number of alkyl halides is 2. The van der Waals surface area contributed by atoms with Crippen LogP contribution in [0.3, 0.4) is 0 Å². The molecule has 0 atom stereocenters. The highest BCUT2D eigenvalue weighted by atomic mass is 79.9. The Balaban J connectivity index is 3.05. The molecule has 0 saturated carbocycles. The van der Waals surface area contributed by atoms with E-state index in [2.05, 4.69) is 49.2 Å². The number of halogens is 4. The summed E-state index contributed by atoms with van der Waals surface area (Å²) in [4.78, 5) is 0.350. The van der Waals surface area contributed by atoms with Gasteiger partial charge in [-0.05, 0) is 28.1 Å². The van der Waals surface area contributed by atoms with Gasteiger partial charge in [-0.25, -0.2) is 0 Å². The van der Waals surface area contributed by atoms with Crippen LogP contribution in [0, 0.1) is 0 Å². The molecule has 0 aliphatic heterocycles. The standard InChI is InChI=1S/C7H4Br2F2OS/c8-3-1-4(9)6(13)5(2-3)12-7(10)11/h1-2,7,13H. The minimum absolute atomic E-state index is 0.0413. The third-order valence-electron chi connectivity index (χ3n) is 1.21. The normalized spacial score (nSPS) is 10.6. The first-order valence-electron chi connectivity index (χ1n) is 3.13. The first-order chi connectivity index (χ1) is 6.00. The molecule has 1 aromatic rings. The number of rotatable bonds is 2. The second-order valence-corrected chi connectivity index (χ2v) is 4.33. The Morgan fingerprint density at radius 1 is 1.31 bits per heavy atom. The second-order valence-electron chi connectivity index (χ2n) is 2.11. The molecule has 1 aromatic carbocycles. The lowest BCUT2D eigenvalue weighted by atomic mass is 10.3. The minimum atomic E-state index is -2.84. The molecule has 0 unspecified atom stereocenters. The molecule has 0 aliphatic carbocycles. The third-order valence-corrected chi connectivity index (χ3v) is 3.06. The van der Waals surface area contributed by atoms with Gasteiger partial charge in [-0.15, -0.1) is 12.6 Å². The average molecular weight is 334 g/mol. The van der Waals surface area contributed by atoms with Crippen LogP contribution in [0.5, 0.6) is 5.75 Å². The van der Waals surface area contributed by atoms with Crippen molar-refractivity contribution in [1.29, 1.82) is 0 Å². The molecule has 72 valence electrons. The van der Waals surface area contributed by atoms with E-state index in [1.165, 1.54) is 6.07 Å². The fourth-order valence-corrected chi connectivity index (χ4v) is 2.10. The lowest BCUT2D eigenvalue weighted by molar-refractivity contribution is -0.0517. The molecule has 1 nitrogen and oxygen atoms in total. The Kier molecular flexibility index (Phi) is 4.00. The maximum atomic E-state index is 11.9. The van der Waals surface area contributed by atoms with Crippen LogP contribution in [0.4, 0.5) is 8.78 Å². The molecule has 0 fully saturated rings. The molecule has 0 N–H and O–H groups in total. The summed E-state index contributed by atoms with van der Waals surface area (Å²) < 4.78 is 29.2. The van der Waals surface area contributed by atoms with Gasteiger partial charge >= 0.3 is 6.61 Å². The largest absolute Gasteiger partial charge is 0.434 e. The highest BCUT2D eigenvalue weighted by Gasteiger charge is 2.10. The smallest absolute Gasteiger partial charge is 0.387 e. The SMILES string of the molecule is FC(F)Oc1cc(Br)cc(Br)c1S. The highest BCUT2D eigenvalue weighted by Crippen LogP contribution is 2.34. The monoisotopic (exact) mass is 332 g/mol. The first-order valence-corrected chi connectivity index (χ1v) is 5.17. The fraction of sp³-hybridized carbons (Fsp3) is 0.143. The van der Waals surface area contributed by atoms with Gasteiger partial charge in [0.05, 0.1) is 4.90 Å². The third kappa shape index (κ3) is 3.11. The summed E-state index contributed by atoms with van der Waals surface area (Å²) >= 11 is 10.3. The molecule has 0 amide bonds. The summed E-state index contributed by atoms with van der Waals surface area (Å²) in [7, 11) is 0. The quantitative estimate of drug-likeness (QED) is 0.802. The van der Waals surface area contributed by atoms with E-state index in [1.807, 2.05) is 0 Å². The van der Waals surface area contributed by atoms with Gasteiger partial charge in [-0.2, -0.15) is 8.78 Å². The van der Waals surface area contributed by atoms with Crippen LogP contribution in [-0.2, 0) is 0 Å². The zero-order valence-corrected chi connectivity index (χ0v) is 10.2. The predicted octanol–water partition coefficient (Wildman–Crippen LogP) is 4.10. The van der Waals surface area contributed by atoms with Crippen LogP contribution in [0.25, 0.3) is 0 Å². The van der Waals surface area contributed by atoms with E-state index in [-0.39, 0.29) is 5.75 Å². The molecule has 0 aromatic heterocycles. The van der Waals surface area contributed by atoms with Crippen molar-refractivity contribution in [2.45, 2.75) is 11.5 Å². The Morgan fingerprint density at radius 3 is 2.46 bits per heavy atom. The van der Waals surface area contributed by atoms with Gasteiger partial charge in [0.1, 0.15) is 5.75 Å². The maximum Gasteiger partial charge on any atom is 0.387 e. The van der Waals surface area contributed by atoms with Crippen LogP contribution < -0.4 is 4.74 Å². The molecular weight excluding hydrogens is 330 g/mol. The van der Waals surface area contributed by atoms with Crippen molar-refractivity contribution in [1.82, 2.24) is 0 Å². The maximum absolute atomic E-state index is 11.9. The van der Waals surface area contributed by atoms with E-state index in [0.29, 0.717) is 13.8 Å². The van der Waals surface area contributed by atoms with Crippen LogP contribution in [0.15, 0.2) is 26.0 Å². The van der Waals surface area contributed by atoms with Crippen molar-refractivity contribution < 1.29 is 13.5 Å². The van der Waals surface area contributed by atoms with Gasteiger partial charge in [-0.1, -0.05) is 15.9 Å².